The second-order valence-corrected chi connectivity index (χ2v) is 9.10. The number of amides is 1. The van der Waals surface area contributed by atoms with Gasteiger partial charge in [-0.1, -0.05) is 25.1 Å². The van der Waals surface area contributed by atoms with Crippen molar-refractivity contribution in [3.63, 3.8) is 0 Å². The van der Waals surface area contributed by atoms with Crippen LogP contribution < -0.4 is 9.64 Å². The van der Waals surface area contributed by atoms with Gasteiger partial charge in [-0.05, 0) is 66.4 Å². The highest BCUT2D eigenvalue weighted by Gasteiger charge is 2.46. The predicted octanol–water partition coefficient (Wildman–Crippen LogP) is 4.87. The first-order valence-electron chi connectivity index (χ1n) is 12.0. The standard InChI is InChI=1S/C29H31N3O4/c1-5-15-36-24-13-10-22(16-19(24)2)27(33)25-26(21-8-11-23(12-9-21)31(3)4)32(29(35)28(25)34)18-20-7-6-14-30-17-20/h6-14,16-17,26,33H,5,15,18H2,1-4H3/t26-/m1/s1. The number of carbonyl (C=O) groups excluding carboxylic acids is 2. The maximum atomic E-state index is 13.3. The third kappa shape index (κ3) is 4.96. The molecule has 0 saturated carbocycles. The van der Waals surface area contributed by atoms with Crippen LogP contribution in [0.2, 0.25) is 0 Å². The van der Waals surface area contributed by atoms with Gasteiger partial charge in [0.15, 0.2) is 0 Å². The number of hydrogen-bond donors (Lipinski definition) is 1. The number of aromatic nitrogens is 1. The molecule has 1 amide bonds. The summed E-state index contributed by atoms with van der Waals surface area (Å²) < 4.78 is 5.75. The Morgan fingerprint density at radius 3 is 2.47 bits per heavy atom. The molecule has 4 rings (SSSR count). The van der Waals surface area contributed by atoms with E-state index in [4.69, 9.17) is 4.74 Å². The second-order valence-electron chi connectivity index (χ2n) is 9.10. The molecule has 186 valence electrons. The highest BCUT2D eigenvalue weighted by Crippen LogP contribution is 2.41. The summed E-state index contributed by atoms with van der Waals surface area (Å²) in [6, 6.07) is 15.8. The molecule has 1 saturated heterocycles. The first-order chi connectivity index (χ1) is 17.3. The summed E-state index contributed by atoms with van der Waals surface area (Å²) in [6.07, 6.45) is 4.21. The van der Waals surface area contributed by atoms with E-state index < -0.39 is 17.7 Å². The lowest BCUT2D eigenvalue weighted by Crippen LogP contribution is -2.29. The summed E-state index contributed by atoms with van der Waals surface area (Å²) in [5, 5.41) is 11.4. The molecule has 1 atom stereocenters. The quantitative estimate of drug-likeness (QED) is 0.279. The first-order valence-corrected chi connectivity index (χ1v) is 12.0. The molecule has 1 aliphatic heterocycles. The second kappa shape index (κ2) is 10.6. The van der Waals surface area contributed by atoms with Crippen LogP contribution in [0, 0.1) is 6.92 Å². The predicted molar refractivity (Wildman–Crippen MR) is 140 cm³/mol. The van der Waals surface area contributed by atoms with Crippen molar-refractivity contribution in [2.24, 2.45) is 0 Å². The molecule has 1 N–H and O–H groups in total. The zero-order chi connectivity index (χ0) is 25.8. The number of ketones is 1. The van der Waals surface area contributed by atoms with Crippen molar-refractivity contribution in [1.29, 1.82) is 0 Å². The maximum absolute atomic E-state index is 13.3. The van der Waals surface area contributed by atoms with Crippen LogP contribution in [0.25, 0.3) is 5.76 Å². The Kier molecular flexibility index (Phi) is 7.38. The number of aliphatic hydroxyl groups excluding tert-OH is 1. The van der Waals surface area contributed by atoms with Crippen LogP contribution in [-0.4, -0.2) is 47.4 Å². The van der Waals surface area contributed by atoms with E-state index in [1.165, 1.54) is 4.90 Å². The van der Waals surface area contributed by atoms with Gasteiger partial charge in [0, 0.05) is 44.3 Å². The molecular weight excluding hydrogens is 454 g/mol. The van der Waals surface area contributed by atoms with Crippen LogP contribution in [0.4, 0.5) is 5.69 Å². The van der Waals surface area contributed by atoms with Gasteiger partial charge in [-0.2, -0.15) is 0 Å². The zero-order valence-corrected chi connectivity index (χ0v) is 21.1. The lowest BCUT2D eigenvalue weighted by atomic mass is 9.94. The Bertz CT molecular complexity index is 1280. The molecule has 2 aromatic carbocycles. The summed E-state index contributed by atoms with van der Waals surface area (Å²) in [7, 11) is 3.89. The molecule has 0 spiro atoms. The minimum absolute atomic E-state index is 0.0723. The molecule has 0 aliphatic carbocycles. The fourth-order valence-electron chi connectivity index (χ4n) is 4.36. The fraction of sp³-hybridized carbons (Fsp3) is 0.276. The van der Waals surface area contributed by atoms with Gasteiger partial charge in [0.05, 0.1) is 18.2 Å². The third-order valence-electron chi connectivity index (χ3n) is 6.25. The fourth-order valence-corrected chi connectivity index (χ4v) is 4.36. The number of pyridine rings is 1. The number of anilines is 1. The van der Waals surface area contributed by atoms with Gasteiger partial charge < -0.3 is 19.6 Å². The van der Waals surface area contributed by atoms with Crippen LogP contribution in [0.5, 0.6) is 5.75 Å². The van der Waals surface area contributed by atoms with E-state index in [1.54, 1.807) is 36.7 Å². The third-order valence-corrected chi connectivity index (χ3v) is 6.25. The molecule has 1 aromatic heterocycles. The molecule has 7 nitrogen and oxygen atoms in total. The zero-order valence-electron chi connectivity index (χ0n) is 21.1. The van der Waals surface area contributed by atoms with Crippen LogP contribution >= 0.6 is 0 Å². The van der Waals surface area contributed by atoms with Gasteiger partial charge in [-0.25, -0.2) is 0 Å². The van der Waals surface area contributed by atoms with Crippen molar-refractivity contribution >= 4 is 23.1 Å². The molecule has 1 fully saturated rings. The highest BCUT2D eigenvalue weighted by molar-refractivity contribution is 6.46. The Balaban J connectivity index is 1.81. The average molecular weight is 486 g/mol. The maximum Gasteiger partial charge on any atom is 0.295 e. The first kappa shape index (κ1) is 25.0. The lowest BCUT2D eigenvalue weighted by molar-refractivity contribution is -0.140. The SMILES string of the molecule is CCCOc1ccc(C(O)=C2C(=O)C(=O)N(Cc3cccnc3)[C@@H]2c2ccc(N(C)C)cc2)cc1C. The van der Waals surface area contributed by atoms with E-state index >= 15 is 0 Å². The van der Waals surface area contributed by atoms with E-state index in [0.717, 1.165) is 34.5 Å². The van der Waals surface area contributed by atoms with E-state index in [9.17, 15) is 14.7 Å². The summed E-state index contributed by atoms with van der Waals surface area (Å²) in [4.78, 5) is 34.2. The van der Waals surface area contributed by atoms with Crippen LogP contribution in [0.1, 0.15) is 41.6 Å². The highest BCUT2D eigenvalue weighted by atomic mass is 16.5. The van der Waals surface area contributed by atoms with E-state index in [-0.39, 0.29) is 17.9 Å². The minimum atomic E-state index is -0.738. The van der Waals surface area contributed by atoms with E-state index in [1.807, 2.05) is 63.2 Å². The topological polar surface area (TPSA) is 83.0 Å². The van der Waals surface area contributed by atoms with E-state index in [0.29, 0.717) is 12.2 Å². The Morgan fingerprint density at radius 1 is 1.11 bits per heavy atom. The van der Waals surface area contributed by atoms with Gasteiger partial charge >= 0.3 is 0 Å². The van der Waals surface area contributed by atoms with Gasteiger partial charge in [0.25, 0.3) is 11.7 Å². The van der Waals surface area contributed by atoms with Crippen molar-refractivity contribution in [3.8, 4) is 5.75 Å². The lowest BCUT2D eigenvalue weighted by Gasteiger charge is -2.26. The molecular formula is C29H31N3O4. The van der Waals surface area contributed by atoms with Crippen LogP contribution in [0.15, 0.2) is 72.6 Å². The largest absolute Gasteiger partial charge is 0.507 e. The Hall–Kier alpha value is -4.13. The summed E-state index contributed by atoms with van der Waals surface area (Å²) in [5.41, 5.74) is 3.89. The van der Waals surface area contributed by atoms with E-state index in [2.05, 4.69) is 4.98 Å². The molecule has 7 heteroatoms. The summed E-state index contributed by atoms with van der Waals surface area (Å²) in [6.45, 7) is 4.71. The Morgan fingerprint density at radius 2 is 1.86 bits per heavy atom. The molecule has 0 bridgehead atoms. The number of aryl methyl sites for hydroxylation is 1. The number of benzene rings is 2. The van der Waals surface area contributed by atoms with Crippen LogP contribution in [0.3, 0.4) is 0 Å². The van der Waals surface area contributed by atoms with Crippen molar-refractivity contribution in [2.45, 2.75) is 32.9 Å². The molecule has 36 heavy (non-hydrogen) atoms. The average Bonchev–Trinajstić information content (AvgIpc) is 3.13. The van der Waals surface area contributed by atoms with Crippen LogP contribution in [-0.2, 0) is 16.1 Å². The van der Waals surface area contributed by atoms with Crippen molar-refractivity contribution in [1.82, 2.24) is 9.88 Å². The normalized spacial score (nSPS) is 16.9. The number of Topliss-reactive ketones (excluding diaryl/α,β-unsaturated/α-hetero) is 1. The molecule has 0 unspecified atom stereocenters. The monoisotopic (exact) mass is 485 g/mol. The van der Waals surface area contributed by atoms with Crippen molar-refractivity contribution < 1.29 is 19.4 Å². The number of ether oxygens (including phenoxy) is 1. The number of aliphatic hydroxyl groups is 1. The summed E-state index contributed by atoms with van der Waals surface area (Å²) in [5.74, 6) is -0.834. The molecule has 2 heterocycles. The number of carbonyl (C=O) groups is 2. The van der Waals surface area contributed by atoms with Gasteiger partial charge in [-0.15, -0.1) is 0 Å². The Labute approximate surface area is 211 Å². The number of likely N-dealkylation sites (tertiary alicyclic amines) is 1. The van der Waals surface area contributed by atoms with Crippen molar-refractivity contribution in [3.05, 3.63) is 94.8 Å². The van der Waals surface area contributed by atoms with Gasteiger partial charge in [0.1, 0.15) is 11.5 Å². The van der Waals surface area contributed by atoms with Crippen molar-refractivity contribution in [2.75, 3.05) is 25.6 Å². The van der Waals surface area contributed by atoms with Gasteiger partial charge in [0.2, 0.25) is 0 Å². The number of hydrogen-bond acceptors (Lipinski definition) is 6. The smallest absolute Gasteiger partial charge is 0.295 e. The summed E-state index contributed by atoms with van der Waals surface area (Å²) >= 11 is 0. The number of nitrogens with zero attached hydrogens (tertiary/aromatic N) is 3. The number of rotatable bonds is 8. The molecule has 0 radical (unpaired) electrons. The van der Waals surface area contributed by atoms with Gasteiger partial charge in [-0.3, -0.25) is 14.6 Å². The molecule has 1 aliphatic rings. The minimum Gasteiger partial charge on any atom is -0.507 e. The molecule has 3 aromatic rings.